The molecule has 1 amide bonds. The van der Waals surface area contributed by atoms with Gasteiger partial charge in [0.2, 0.25) is 0 Å². The molecule has 3 aliphatic rings. The Kier molecular flexibility index (Phi) is 6.27. The number of hydrogen-bond donors (Lipinski definition) is 1. The number of rotatable bonds is 2. The molecule has 5 nitrogen and oxygen atoms in total. The third-order valence-corrected chi connectivity index (χ3v) is 7.47. The maximum absolute atomic E-state index is 13.3. The summed E-state index contributed by atoms with van der Waals surface area (Å²) in [5.74, 6) is 0.132. The summed E-state index contributed by atoms with van der Waals surface area (Å²) in [6.45, 7) is 4.54. The molecule has 1 N–H and O–H groups in total. The second kappa shape index (κ2) is 8.74. The molecule has 1 atom stereocenters. The van der Waals surface area contributed by atoms with Crippen LogP contribution >= 0.6 is 23.7 Å². The van der Waals surface area contributed by atoms with Crippen LogP contribution in [0.3, 0.4) is 0 Å². The summed E-state index contributed by atoms with van der Waals surface area (Å²) < 4.78 is 12.2. The molecular weight excluding hydrogens is 408 g/mol. The molecule has 4 heterocycles. The van der Waals surface area contributed by atoms with Gasteiger partial charge in [-0.1, -0.05) is 30.3 Å². The summed E-state index contributed by atoms with van der Waals surface area (Å²) in [7, 11) is 0. The Morgan fingerprint density at radius 3 is 2.76 bits per heavy atom. The van der Waals surface area contributed by atoms with Gasteiger partial charge >= 0.3 is 0 Å². The van der Waals surface area contributed by atoms with Crippen LogP contribution in [0.5, 0.6) is 0 Å². The topological polar surface area (TPSA) is 50.8 Å². The number of morpholine rings is 1. The van der Waals surface area contributed by atoms with Crippen LogP contribution < -0.4 is 5.32 Å². The smallest absolute Gasteiger partial charge is 0.264 e. The number of halogens is 1. The van der Waals surface area contributed by atoms with E-state index in [1.807, 2.05) is 23.1 Å². The lowest BCUT2D eigenvalue weighted by molar-refractivity contribution is -0.0771. The van der Waals surface area contributed by atoms with Crippen molar-refractivity contribution < 1.29 is 14.3 Å². The molecule has 2 fully saturated rings. The molecule has 0 bridgehead atoms. The van der Waals surface area contributed by atoms with Crippen molar-refractivity contribution in [3.05, 3.63) is 57.3 Å². The van der Waals surface area contributed by atoms with E-state index in [-0.39, 0.29) is 30.0 Å². The standard InChI is InChI=1S/C22H26N2O3S.ClH/c25-21(24-11-13-26-18(15-24)16-4-2-1-3-5-16)19-14-17-6-12-27-22(20(17)28-19)7-9-23-10-8-22;/h1-5,14,18,23H,6-13,15H2;1H. The SMILES string of the molecule is Cl.O=C(c1cc2c(s1)C1(CCNCC1)OCC2)N1CCOC(c2ccccc2)C1. The minimum atomic E-state index is -0.181. The molecular formula is C22H27ClN2O3S. The highest BCUT2D eigenvalue weighted by Crippen LogP contribution is 2.44. The van der Waals surface area contributed by atoms with Gasteiger partial charge in [-0.2, -0.15) is 0 Å². The monoisotopic (exact) mass is 434 g/mol. The van der Waals surface area contributed by atoms with E-state index in [4.69, 9.17) is 9.47 Å². The van der Waals surface area contributed by atoms with E-state index in [0.29, 0.717) is 19.7 Å². The van der Waals surface area contributed by atoms with Crippen LogP contribution in [0.25, 0.3) is 0 Å². The average Bonchev–Trinajstić information content (AvgIpc) is 3.21. The molecule has 2 saturated heterocycles. The van der Waals surface area contributed by atoms with E-state index in [0.717, 1.165) is 49.4 Å². The summed E-state index contributed by atoms with van der Waals surface area (Å²) >= 11 is 1.65. The van der Waals surface area contributed by atoms with Gasteiger partial charge in [-0.3, -0.25) is 4.79 Å². The van der Waals surface area contributed by atoms with Gasteiger partial charge in [0, 0.05) is 11.4 Å². The molecule has 3 aliphatic heterocycles. The fourth-order valence-electron chi connectivity index (χ4n) is 4.59. The number of benzene rings is 1. The Bertz CT molecular complexity index is 851. The van der Waals surface area contributed by atoms with E-state index in [1.54, 1.807) is 11.3 Å². The first-order valence-electron chi connectivity index (χ1n) is 10.2. The Labute approximate surface area is 181 Å². The fraction of sp³-hybridized carbons (Fsp3) is 0.500. The molecule has 7 heteroatoms. The Balaban J connectivity index is 0.00000205. The van der Waals surface area contributed by atoms with Gasteiger partial charge in [-0.15, -0.1) is 23.7 Å². The second-order valence-electron chi connectivity index (χ2n) is 7.83. The number of ether oxygens (including phenoxy) is 2. The number of fused-ring (bicyclic) bond motifs is 2. The van der Waals surface area contributed by atoms with E-state index in [1.165, 1.54) is 10.4 Å². The number of hydrogen-bond acceptors (Lipinski definition) is 5. The minimum absolute atomic E-state index is 0. The summed E-state index contributed by atoms with van der Waals surface area (Å²) in [5.41, 5.74) is 2.27. The van der Waals surface area contributed by atoms with E-state index in [2.05, 4.69) is 23.5 Å². The number of nitrogens with zero attached hydrogens (tertiary/aromatic N) is 1. The van der Waals surface area contributed by atoms with Crippen LogP contribution in [0.4, 0.5) is 0 Å². The van der Waals surface area contributed by atoms with Gasteiger partial charge < -0.3 is 19.7 Å². The van der Waals surface area contributed by atoms with Crippen molar-refractivity contribution in [2.24, 2.45) is 0 Å². The maximum Gasteiger partial charge on any atom is 0.264 e. The summed E-state index contributed by atoms with van der Waals surface area (Å²) in [5, 5.41) is 3.42. The first kappa shape index (κ1) is 20.8. The summed E-state index contributed by atoms with van der Waals surface area (Å²) in [4.78, 5) is 17.4. The number of carbonyl (C=O) groups excluding carboxylic acids is 1. The highest BCUT2D eigenvalue weighted by Gasteiger charge is 2.41. The second-order valence-corrected chi connectivity index (χ2v) is 8.88. The zero-order chi connectivity index (χ0) is 19.0. The molecule has 1 aromatic carbocycles. The van der Waals surface area contributed by atoms with Crippen molar-refractivity contribution in [1.82, 2.24) is 10.2 Å². The molecule has 0 aliphatic carbocycles. The van der Waals surface area contributed by atoms with Crippen LogP contribution in [0.2, 0.25) is 0 Å². The highest BCUT2D eigenvalue weighted by molar-refractivity contribution is 7.14. The van der Waals surface area contributed by atoms with Gasteiger partial charge in [0.1, 0.15) is 11.7 Å². The molecule has 1 aromatic heterocycles. The van der Waals surface area contributed by atoms with E-state index in [9.17, 15) is 4.79 Å². The number of piperidine rings is 1. The predicted octanol–water partition coefficient (Wildman–Crippen LogP) is 3.54. The molecule has 29 heavy (non-hydrogen) atoms. The van der Waals surface area contributed by atoms with Gasteiger partial charge in [0.05, 0.1) is 24.6 Å². The summed E-state index contributed by atoms with van der Waals surface area (Å²) in [6, 6.07) is 12.3. The molecule has 2 aromatic rings. The Morgan fingerprint density at radius 2 is 1.97 bits per heavy atom. The molecule has 0 radical (unpaired) electrons. The van der Waals surface area contributed by atoms with Crippen LogP contribution in [0.15, 0.2) is 36.4 Å². The van der Waals surface area contributed by atoms with Crippen LogP contribution in [-0.2, 0) is 21.5 Å². The molecule has 156 valence electrons. The quantitative estimate of drug-likeness (QED) is 0.785. The largest absolute Gasteiger partial charge is 0.370 e. The first-order valence-corrected chi connectivity index (χ1v) is 11.0. The number of thiophene rings is 1. The van der Waals surface area contributed by atoms with Gasteiger partial charge in [0.25, 0.3) is 5.91 Å². The molecule has 1 spiro atoms. The van der Waals surface area contributed by atoms with E-state index < -0.39 is 0 Å². The zero-order valence-electron chi connectivity index (χ0n) is 16.4. The molecule has 5 rings (SSSR count). The number of carbonyl (C=O) groups is 1. The Morgan fingerprint density at radius 1 is 1.17 bits per heavy atom. The lowest BCUT2D eigenvalue weighted by atomic mass is 9.86. The van der Waals surface area contributed by atoms with Gasteiger partial charge in [-0.05, 0) is 49.5 Å². The molecule has 0 saturated carbocycles. The van der Waals surface area contributed by atoms with Crippen molar-refractivity contribution in [2.75, 3.05) is 39.4 Å². The fourth-order valence-corrected chi connectivity index (χ4v) is 5.97. The average molecular weight is 435 g/mol. The first-order chi connectivity index (χ1) is 13.8. The van der Waals surface area contributed by atoms with Crippen molar-refractivity contribution in [3.8, 4) is 0 Å². The number of nitrogens with one attached hydrogen (secondary N) is 1. The van der Waals surface area contributed by atoms with Gasteiger partial charge in [0.15, 0.2) is 0 Å². The lowest BCUT2D eigenvalue weighted by Crippen LogP contribution is -2.44. The number of amides is 1. The maximum atomic E-state index is 13.3. The van der Waals surface area contributed by atoms with Gasteiger partial charge in [-0.25, -0.2) is 0 Å². The van der Waals surface area contributed by atoms with Crippen molar-refractivity contribution >= 4 is 29.7 Å². The minimum Gasteiger partial charge on any atom is -0.370 e. The predicted molar refractivity (Wildman–Crippen MR) is 116 cm³/mol. The Hall–Kier alpha value is -1.44. The zero-order valence-corrected chi connectivity index (χ0v) is 18.0. The third-order valence-electron chi connectivity index (χ3n) is 6.12. The third kappa shape index (κ3) is 3.97. The lowest BCUT2D eigenvalue weighted by Gasteiger charge is -2.40. The van der Waals surface area contributed by atoms with Crippen LogP contribution in [-0.4, -0.2) is 50.2 Å². The van der Waals surface area contributed by atoms with Crippen molar-refractivity contribution in [3.63, 3.8) is 0 Å². The highest BCUT2D eigenvalue weighted by atomic mass is 35.5. The van der Waals surface area contributed by atoms with E-state index >= 15 is 0 Å². The van der Waals surface area contributed by atoms with Crippen molar-refractivity contribution in [2.45, 2.75) is 31.0 Å². The van der Waals surface area contributed by atoms with Crippen LogP contribution in [0.1, 0.15) is 44.6 Å². The molecule has 1 unspecified atom stereocenters. The van der Waals surface area contributed by atoms with Crippen LogP contribution in [0, 0.1) is 0 Å². The summed E-state index contributed by atoms with van der Waals surface area (Å²) in [6.07, 6.45) is 2.83. The van der Waals surface area contributed by atoms with Crippen molar-refractivity contribution in [1.29, 1.82) is 0 Å². The normalized spacial score (nSPS) is 23.3.